The van der Waals surface area contributed by atoms with Gasteiger partial charge in [-0.15, -0.1) is 0 Å². The maximum atomic E-state index is 6.09. The van der Waals surface area contributed by atoms with Crippen LogP contribution in [-0.2, 0) is 6.42 Å². The Kier molecular flexibility index (Phi) is 4.01. The number of nitrogen functional groups attached to an aromatic ring is 1. The minimum absolute atomic E-state index is 0.355. The van der Waals surface area contributed by atoms with Gasteiger partial charge in [0.2, 0.25) is 0 Å². The van der Waals surface area contributed by atoms with Gasteiger partial charge in [-0.1, -0.05) is 25.1 Å². The molecule has 2 aromatic heterocycles. The van der Waals surface area contributed by atoms with Crippen molar-refractivity contribution in [3.8, 4) is 22.8 Å². The first kappa shape index (κ1) is 16.1. The average Bonchev–Trinajstić information content (AvgIpc) is 3.11. The second-order valence-electron chi connectivity index (χ2n) is 6.11. The third kappa shape index (κ3) is 2.86. The largest absolute Gasteiger partial charge is 0.388 e. The molecule has 0 saturated carbocycles. The minimum Gasteiger partial charge on any atom is -0.388 e. The second kappa shape index (κ2) is 6.48. The molecule has 0 unspecified atom stereocenters. The summed E-state index contributed by atoms with van der Waals surface area (Å²) in [5.41, 5.74) is 12.5. The Morgan fingerprint density at radius 1 is 1.12 bits per heavy atom. The standard InChI is InChI=1S/C20H20N6/c1-3-12-5-4-6-13(9-12)17-11-23-19(21)18(24-17)20-25-15-8-7-14(22-2)10-16(15)26-20/h4-11,22H,3H2,1-2H3,(H2,21,23)(H,25,26). The number of aromatic amines is 1. The number of nitrogens with one attached hydrogen (secondary N) is 2. The quantitative estimate of drug-likeness (QED) is 0.522. The number of imidazole rings is 1. The zero-order chi connectivity index (χ0) is 18.1. The molecule has 4 N–H and O–H groups in total. The number of benzene rings is 2. The number of nitrogens with two attached hydrogens (primary N) is 1. The summed E-state index contributed by atoms with van der Waals surface area (Å²) in [5.74, 6) is 0.972. The lowest BCUT2D eigenvalue weighted by atomic mass is 10.1. The first-order valence-corrected chi connectivity index (χ1v) is 8.57. The third-order valence-electron chi connectivity index (χ3n) is 4.43. The molecule has 0 aliphatic heterocycles. The van der Waals surface area contributed by atoms with Crippen LogP contribution in [0.25, 0.3) is 33.8 Å². The highest BCUT2D eigenvalue weighted by Gasteiger charge is 2.13. The van der Waals surface area contributed by atoms with E-state index >= 15 is 0 Å². The lowest BCUT2D eigenvalue weighted by Crippen LogP contribution is -2.00. The van der Waals surface area contributed by atoms with Crippen molar-refractivity contribution >= 4 is 22.5 Å². The van der Waals surface area contributed by atoms with Crippen molar-refractivity contribution in [1.82, 2.24) is 19.9 Å². The number of aryl methyl sites for hydroxylation is 1. The van der Waals surface area contributed by atoms with E-state index in [2.05, 4.69) is 39.3 Å². The van der Waals surface area contributed by atoms with Gasteiger partial charge in [0.1, 0.15) is 5.69 Å². The van der Waals surface area contributed by atoms with Crippen molar-refractivity contribution in [2.24, 2.45) is 0 Å². The molecule has 2 heterocycles. The lowest BCUT2D eigenvalue weighted by molar-refractivity contribution is 1.13. The van der Waals surface area contributed by atoms with Crippen LogP contribution in [0, 0.1) is 0 Å². The highest BCUT2D eigenvalue weighted by Crippen LogP contribution is 2.27. The summed E-state index contributed by atoms with van der Waals surface area (Å²) in [7, 11) is 1.88. The Labute approximate surface area is 151 Å². The molecule has 130 valence electrons. The number of H-pyrrole nitrogens is 1. The molecule has 0 saturated heterocycles. The van der Waals surface area contributed by atoms with E-state index in [0.29, 0.717) is 17.3 Å². The van der Waals surface area contributed by atoms with Gasteiger partial charge in [0, 0.05) is 18.3 Å². The van der Waals surface area contributed by atoms with Gasteiger partial charge in [-0.25, -0.2) is 15.0 Å². The Morgan fingerprint density at radius 2 is 2.00 bits per heavy atom. The van der Waals surface area contributed by atoms with Gasteiger partial charge >= 0.3 is 0 Å². The molecule has 0 amide bonds. The number of hydrogen-bond donors (Lipinski definition) is 3. The molecule has 0 fully saturated rings. The van der Waals surface area contributed by atoms with Crippen LogP contribution in [0.15, 0.2) is 48.7 Å². The van der Waals surface area contributed by atoms with Crippen LogP contribution in [0.1, 0.15) is 12.5 Å². The van der Waals surface area contributed by atoms with Crippen molar-refractivity contribution in [2.75, 3.05) is 18.1 Å². The molecule has 6 heteroatoms. The number of nitrogens with zero attached hydrogens (tertiary/aromatic N) is 3. The molecular weight excluding hydrogens is 324 g/mol. The maximum absolute atomic E-state index is 6.09. The minimum atomic E-state index is 0.355. The van der Waals surface area contributed by atoms with Gasteiger partial charge in [-0.3, -0.25) is 0 Å². The molecule has 0 aliphatic rings. The van der Waals surface area contributed by atoms with Gasteiger partial charge in [0.25, 0.3) is 0 Å². The van der Waals surface area contributed by atoms with Gasteiger partial charge in [-0.05, 0) is 36.2 Å². The molecule has 0 atom stereocenters. The van der Waals surface area contributed by atoms with Gasteiger partial charge in [-0.2, -0.15) is 0 Å². The zero-order valence-electron chi connectivity index (χ0n) is 14.7. The Balaban J connectivity index is 1.81. The zero-order valence-corrected chi connectivity index (χ0v) is 14.7. The maximum Gasteiger partial charge on any atom is 0.161 e. The molecule has 4 rings (SSSR count). The Morgan fingerprint density at radius 3 is 2.81 bits per heavy atom. The number of anilines is 2. The van der Waals surface area contributed by atoms with E-state index in [1.807, 2.05) is 37.4 Å². The van der Waals surface area contributed by atoms with Crippen molar-refractivity contribution < 1.29 is 0 Å². The van der Waals surface area contributed by atoms with E-state index < -0.39 is 0 Å². The smallest absolute Gasteiger partial charge is 0.161 e. The number of aromatic nitrogens is 4. The van der Waals surface area contributed by atoms with E-state index in [-0.39, 0.29) is 0 Å². The summed E-state index contributed by atoms with van der Waals surface area (Å²) >= 11 is 0. The van der Waals surface area contributed by atoms with Crippen LogP contribution in [0.3, 0.4) is 0 Å². The number of rotatable bonds is 4. The van der Waals surface area contributed by atoms with Crippen molar-refractivity contribution in [2.45, 2.75) is 13.3 Å². The van der Waals surface area contributed by atoms with E-state index in [0.717, 1.165) is 34.4 Å². The van der Waals surface area contributed by atoms with Crippen LogP contribution < -0.4 is 11.1 Å². The molecule has 0 radical (unpaired) electrons. The number of hydrogen-bond acceptors (Lipinski definition) is 5. The topological polar surface area (TPSA) is 92.5 Å². The fourth-order valence-corrected chi connectivity index (χ4v) is 2.94. The fraction of sp³-hybridized carbons (Fsp3) is 0.150. The fourth-order valence-electron chi connectivity index (χ4n) is 2.94. The third-order valence-corrected chi connectivity index (χ3v) is 4.43. The van der Waals surface area contributed by atoms with Gasteiger partial charge < -0.3 is 16.0 Å². The summed E-state index contributed by atoms with van der Waals surface area (Å²) in [5, 5.41) is 3.12. The highest BCUT2D eigenvalue weighted by atomic mass is 15.0. The average molecular weight is 344 g/mol. The first-order chi connectivity index (χ1) is 12.7. The van der Waals surface area contributed by atoms with Gasteiger partial charge in [0.05, 0.1) is 22.9 Å². The molecule has 4 aromatic rings. The number of fused-ring (bicyclic) bond motifs is 1. The van der Waals surface area contributed by atoms with Crippen molar-refractivity contribution in [3.05, 3.63) is 54.2 Å². The first-order valence-electron chi connectivity index (χ1n) is 8.57. The highest BCUT2D eigenvalue weighted by molar-refractivity contribution is 5.83. The Bertz CT molecular complexity index is 1080. The molecule has 0 bridgehead atoms. The van der Waals surface area contributed by atoms with E-state index in [9.17, 15) is 0 Å². The summed E-state index contributed by atoms with van der Waals surface area (Å²) in [6, 6.07) is 14.2. The Hall–Kier alpha value is -3.41. The van der Waals surface area contributed by atoms with Crippen molar-refractivity contribution in [3.63, 3.8) is 0 Å². The summed E-state index contributed by atoms with van der Waals surface area (Å²) in [6.45, 7) is 2.13. The van der Waals surface area contributed by atoms with E-state index in [1.165, 1.54) is 5.56 Å². The van der Waals surface area contributed by atoms with Crippen LogP contribution in [0.2, 0.25) is 0 Å². The molecule has 6 nitrogen and oxygen atoms in total. The summed E-state index contributed by atoms with van der Waals surface area (Å²) in [6.07, 6.45) is 2.68. The second-order valence-corrected chi connectivity index (χ2v) is 6.11. The van der Waals surface area contributed by atoms with Gasteiger partial charge in [0.15, 0.2) is 11.6 Å². The predicted octanol–water partition coefficient (Wildman–Crippen LogP) is 3.87. The molecule has 26 heavy (non-hydrogen) atoms. The summed E-state index contributed by atoms with van der Waals surface area (Å²) < 4.78 is 0. The molecule has 0 aliphatic carbocycles. The summed E-state index contributed by atoms with van der Waals surface area (Å²) in [4.78, 5) is 17.0. The monoisotopic (exact) mass is 344 g/mol. The molecule has 2 aromatic carbocycles. The van der Waals surface area contributed by atoms with E-state index in [4.69, 9.17) is 10.7 Å². The SMILES string of the molecule is CCc1cccc(-c2cnc(N)c(-c3nc4ccc(NC)cc4[nH]3)n2)c1. The van der Waals surface area contributed by atoms with Crippen LogP contribution in [0.4, 0.5) is 11.5 Å². The van der Waals surface area contributed by atoms with Crippen LogP contribution >= 0.6 is 0 Å². The normalized spacial score (nSPS) is 11.0. The van der Waals surface area contributed by atoms with E-state index in [1.54, 1.807) is 6.20 Å². The van der Waals surface area contributed by atoms with Crippen molar-refractivity contribution in [1.29, 1.82) is 0 Å². The molecular formula is C20H20N6. The van der Waals surface area contributed by atoms with Crippen LogP contribution in [0.5, 0.6) is 0 Å². The van der Waals surface area contributed by atoms with Crippen LogP contribution in [-0.4, -0.2) is 27.0 Å². The lowest BCUT2D eigenvalue weighted by Gasteiger charge is -2.06. The predicted molar refractivity (Wildman–Crippen MR) is 106 cm³/mol. The molecule has 0 spiro atoms.